The lowest BCUT2D eigenvalue weighted by molar-refractivity contribution is 0.930. The smallest absolute Gasteiger partial charge is 0.154 e. The number of rotatable bonds is 4. The summed E-state index contributed by atoms with van der Waals surface area (Å²) in [6, 6.07) is 9.68. The molecular formula is C12H10ClN5. The number of fused-ring (bicyclic) bond motifs is 1. The maximum atomic E-state index is 8.79. The fourth-order valence-corrected chi connectivity index (χ4v) is 2.04. The van der Waals surface area contributed by atoms with Gasteiger partial charge in [-0.3, -0.25) is 0 Å². The van der Waals surface area contributed by atoms with Crippen molar-refractivity contribution in [2.24, 2.45) is 0 Å². The molecule has 0 unspecified atom stereocenters. The summed E-state index contributed by atoms with van der Waals surface area (Å²) in [5.74, 6) is 0.868. The van der Waals surface area contributed by atoms with Gasteiger partial charge in [0.15, 0.2) is 5.82 Å². The first-order chi connectivity index (χ1) is 8.81. The van der Waals surface area contributed by atoms with Gasteiger partial charge in [0, 0.05) is 6.20 Å². The molecule has 0 aliphatic carbocycles. The zero-order valence-electron chi connectivity index (χ0n) is 9.54. The van der Waals surface area contributed by atoms with Gasteiger partial charge in [0.05, 0.1) is 23.7 Å². The molecule has 0 spiro atoms. The van der Waals surface area contributed by atoms with Crippen LogP contribution < -0.4 is 4.90 Å². The Bertz CT molecular complexity index is 618. The Balaban J connectivity index is 2.55. The summed E-state index contributed by atoms with van der Waals surface area (Å²) < 4.78 is 1.87. The summed E-state index contributed by atoms with van der Waals surface area (Å²) in [5, 5.41) is 17.6. The Labute approximate surface area is 109 Å². The first-order valence-electron chi connectivity index (χ1n) is 5.32. The van der Waals surface area contributed by atoms with Gasteiger partial charge in [-0.05, 0) is 12.1 Å². The van der Waals surface area contributed by atoms with Crippen molar-refractivity contribution in [1.29, 1.82) is 10.5 Å². The third-order valence-electron chi connectivity index (χ3n) is 2.56. The molecule has 0 fully saturated rings. The van der Waals surface area contributed by atoms with Gasteiger partial charge in [-0.2, -0.15) is 10.5 Å². The van der Waals surface area contributed by atoms with Gasteiger partial charge in [0.25, 0.3) is 0 Å². The van der Waals surface area contributed by atoms with Gasteiger partial charge < -0.3 is 9.30 Å². The van der Waals surface area contributed by atoms with E-state index in [-0.39, 0.29) is 19.0 Å². The standard InChI is InChI=1S/C12H10ClN5/c13-9-10-12(17(7-4-14)8-5-15)16-11-3-1-2-6-18(10)11/h1-3,6H,7-9H2. The van der Waals surface area contributed by atoms with Crippen LogP contribution in [0.4, 0.5) is 5.82 Å². The summed E-state index contributed by atoms with van der Waals surface area (Å²) in [7, 11) is 0. The van der Waals surface area contributed by atoms with E-state index < -0.39 is 0 Å². The van der Waals surface area contributed by atoms with E-state index in [4.69, 9.17) is 22.1 Å². The van der Waals surface area contributed by atoms with Crippen molar-refractivity contribution in [2.75, 3.05) is 18.0 Å². The summed E-state index contributed by atoms with van der Waals surface area (Å²) in [5.41, 5.74) is 1.54. The van der Waals surface area contributed by atoms with Crippen LogP contribution >= 0.6 is 11.6 Å². The number of anilines is 1. The van der Waals surface area contributed by atoms with Crippen LogP contribution in [0.2, 0.25) is 0 Å². The SMILES string of the molecule is N#CCN(CC#N)c1nc2ccccn2c1CCl. The van der Waals surface area contributed by atoms with E-state index in [1.807, 2.05) is 40.9 Å². The summed E-state index contributed by atoms with van der Waals surface area (Å²) in [4.78, 5) is 6.04. The number of aromatic nitrogens is 2. The van der Waals surface area contributed by atoms with Crippen molar-refractivity contribution in [2.45, 2.75) is 5.88 Å². The Morgan fingerprint density at radius 1 is 1.28 bits per heavy atom. The summed E-state index contributed by atoms with van der Waals surface area (Å²) in [6.45, 7) is 0.225. The molecule has 0 saturated carbocycles. The maximum absolute atomic E-state index is 8.79. The first-order valence-corrected chi connectivity index (χ1v) is 5.86. The molecule has 0 N–H and O–H groups in total. The molecule has 5 nitrogen and oxygen atoms in total. The number of nitrogens with zero attached hydrogens (tertiary/aromatic N) is 5. The zero-order valence-corrected chi connectivity index (χ0v) is 10.3. The highest BCUT2D eigenvalue weighted by atomic mass is 35.5. The van der Waals surface area contributed by atoms with Crippen molar-refractivity contribution in [3.8, 4) is 12.1 Å². The van der Waals surface area contributed by atoms with Crippen molar-refractivity contribution in [3.05, 3.63) is 30.1 Å². The first kappa shape index (κ1) is 12.2. The molecule has 0 amide bonds. The highest BCUT2D eigenvalue weighted by molar-refractivity contribution is 6.17. The zero-order chi connectivity index (χ0) is 13.0. The van der Waals surface area contributed by atoms with Crippen LogP contribution in [0.5, 0.6) is 0 Å². The van der Waals surface area contributed by atoms with Gasteiger partial charge in [-0.25, -0.2) is 4.98 Å². The van der Waals surface area contributed by atoms with Gasteiger partial charge in [0.1, 0.15) is 18.7 Å². The Hall–Kier alpha value is -2.24. The molecule has 2 heterocycles. The molecule has 18 heavy (non-hydrogen) atoms. The number of nitriles is 2. The number of halogens is 1. The van der Waals surface area contributed by atoms with E-state index in [2.05, 4.69) is 4.98 Å². The Kier molecular flexibility index (Phi) is 3.66. The monoisotopic (exact) mass is 259 g/mol. The normalized spacial score (nSPS) is 9.94. The minimum Gasteiger partial charge on any atom is -0.328 e. The molecule has 0 saturated heterocycles. The third kappa shape index (κ3) is 2.09. The van der Waals surface area contributed by atoms with Crippen LogP contribution in [-0.2, 0) is 5.88 Å². The molecule has 0 aliphatic rings. The van der Waals surface area contributed by atoms with Gasteiger partial charge in [-0.15, -0.1) is 11.6 Å². The van der Waals surface area contributed by atoms with Gasteiger partial charge in [-0.1, -0.05) is 6.07 Å². The van der Waals surface area contributed by atoms with Crippen LogP contribution in [0.15, 0.2) is 24.4 Å². The lowest BCUT2D eigenvalue weighted by atomic mass is 10.4. The maximum Gasteiger partial charge on any atom is 0.154 e. The third-order valence-corrected chi connectivity index (χ3v) is 2.81. The van der Waals surface area contributed by atoms with Crippen LogP contribution in [0, 0.1) is 22.7 Å². The van der Waals surface area contributed by atoms with Gasteiger partial charge in [0.2, 0.25) is 0 Å². The summed E-state index contributed by atoms with van der Waals surface area (Å²) >= 11 is 5.94. The van der Waals surface area contributed by atoms with Crippen LogP contribution in [-0.4, -0.2) is 22.5 Å². The molecule has 0 bridgehead atoms. The minimum atomic E-state index is 0.112. The Morgan fingerprint density at radius 2 is 2.00 bits per heavy atom. The molecule has 0 atom stereocenters. The van der Waals surface area contributed by atoms with Crippen LogP contribution in [0.1, 0.15) is 5.69 Å². The van der Waals surface area contributed by atoms with E-state index in [9.17, 15) is 0 Å². The van der Waals surface area contributed by atoms with Crippen molar-refractivity contribution < 1.29 is 0 Å². The fraction of sp³-hybridized carbons (Fsp3) is 0.250. The fourth-order valence-electron chi connectivity index (χ4n) is 1.79. The molecule has 0 radical (unpaired) electrons. The number of pyridine rings is 1. The predicted octanol–water partition coefficient (Wildman–Crippen LogP) is 1.93. The van der Waals surface area contributed by atoms with Crippen molar-refractivity contribution in [1.82, 2.24) is 9.38 Å². The van der Waals surface area contributed by atoms with Gasteiger partial charge >= 0.3 is 0 Å². The average molecular weight is 260 g/mol. The van der Waals surface area contributed by atoms with E-state index in [1.54, 1.807) is 4.90 Å². The minimum absolute atomic E-state index is 0.112. The summed E-state index contributed by atoms with van der Waals surface area (Å²) in [6.07, 6.45) is 1.86. The van der Waals surface area contributed by atoms with E-state index >= 15 is 0 Å². The van der Waals surface area contributed by atoms with Crippen molar-refractivity contribution >= 4 is 23.1 Å². The number of hydrogen-bond acceptors (Lipinski definition) is 4. The molecule has 0 aromatic carbocycles. The molecule has 2 rings (SSSR count). The molecule has 90 valence electrons. The topological polar surface area (TPSA) is 68.1 Å². The second-order valence-corrected chi connectivity index (χ2v) is 3.88. The lowest BCUT2D eigenvalue weighted by Crippen LogP contribution is -2.25. The highest BCUT2D eigenvalue weighted by Crippen LogP contribution is 2.23. The molecular weight excluding hydrogens is 250 g/mol. The second kappa shape index (κ2) is 5.39. The molecule has 6 heteroatoms. The van der Waals surface area contributed by atoms with Crippen LogP contribution in [0.3, 0.4) is 0 Å². The number of hydrogen-bond donors (Lipinski definition) is 0. The average Bonchev–Trinajstić information content (AvgIpc) is 2.76. The predicted molar refractivity (Wildman–Crippen MR) is 68.2 cm³/mol. The number of alkyl halides is 1. The van der Waals surface area contributed by atoms with E-state index in [0.29, 0.717) is 5.82 Å². The lowest BCUT2D eigenvalue weighted by Gasteiger charge is -2.16. The Morgan fingerprint density at radius 3 is 2.61 bits per heavy atom. The molecule has 0 aliphatic heterocycles. The quantitative estimate of drug-likeness (QED) is 0.621. The van der Waals surface area contributed by atoms with Crippen LogP contribution in [0.25, 0.3) is 5.65 Å². The second-order valence-electron chi connectivity index (χ2n) is 3.62. The largest absolute Gasteiger partial charge is 0.328 e. The molecule has 2 aromatic heterocycles. The van der Waals surface area contributed by atoms with Crippen molar-refractivity contribution in [3.63, 3.8) is 0 Å². The van der Waals surface area contributed by atoms with E-state index in [0.717, 1.165) is 11.3 Å². The highest BCUT2D eigenvalue weighted by Gasteiger charge is 2.16. The number of imidazole rings is 1. The molecule has 2 aromatic rings. The van der Waals surface area contributed by atoms with E-state index in [1.165, 1.54) is 0 Å².